The second-order valence-corrected chi connectivity index (χ2v) is 7.00. The Morgan fingerprint density at radius 1 is 1.08 bits per heavy atom. The van der Waals surface area contributed by atoms with E-state index in [1.807, 2.05) is 12.1 Å². The molecule has 1 aromatic carbocycles. The third-order valence-electron chi connectivity index (χ3n) is 5.43. The highest BCUT2D eigenvalue weighted by molar-refractivity contribution is 5.85. The number of piperazine rings is 1. The third-order valence-corrected chi connectivity index (χ3v) is 5.43. The Balaban J connectivity index is 0.00000243. The van der Waals surface area contributed by atoms with Crippen LogP contribution in [0.3, 0.4) is 0 Å². The molecule has 0 bridgehead atoms. The summed E-state index contributed by atoms with van der Waals surface area (Å²) in [6, 6.07) is 6.80. The molecule has 148 valence electrons. The molecule has 5 nitrogen and oxygen atoms in total. The average molecular weight is 385 g/mol. The first-order valence-corrected chi connectivity index (χ1v) is 9.61. The van der Waals surface area contributed by atoms with Gasteiger partial charge in [0.05, 0.1) is 20.8 Å². The first kappa shape index (κ1) is 21.3. The van der Waals surface area contributed by atoms with Gasteiger partial charge in [0.25, 0.3) is 0 Å². The van der Waals surface area contributed by atoms with Crippen molar-refractivity contribution in [1.82, 2.24) is 10.2 Å². The van der Waals surface area contributed by atoms with Crippen molar-refractivity contribution in [3.8, 4) is 11.5 Å². The van der Waals surface area contributed by atoms with Gasteiger partial charge in [0.2, 0.25) is 0 Å². The lowest BCUT2D eigenvalue weighted by Crippen LogP contribution is -2.56. The highest BCUT2D eigenvalue weighted by Crippen LogP contribution is 2.28. The Bertz CT molecular complexity index is 538. The Kier molecular flexibility index (Phi) is 8.99. The molecule has 1 aliphatic heterocycles. The van der Waals surface area contributed by atoms with Crippen LogP contribution in [0.5, 0.6) is 11.5 Å². The summed E-state index contributed by atoms with van der Waals surface area (Å²) in [6.07, 6.45) is 7.88. The first-order valence-electron chi connectivity index (χ1n) is 9.61. The summed E-state index contributed by atoms with van der Waals surface area (Å²) in [4.78, 5) is 2.60. The van der Waals surface area contributed by atoms with Crippen molar-refractivity contribution in [3.63, 3.8) is 0 Å². The molecule has 0 spiro atoms. The van der Waals surface area contributed by atoms with E-state index in [9.17, 15) is 0 Å². The maximum atomic E-state index is 6.27. The van der Waals surface area contributed by atoms with E-state index in [-0.39, 0.29) is 18.6 Å². The number of methoxy groups -OCH3 is 2. The molecule has 2 aliphatic rings. The van der Waals surface area contributed by atoms with E-state index in [0.29, 0.717) is 6.04 Å². The van der Waals surface area contributed by atoms with Crippen LogP contribution in [0.4, 0.5) is 0 Å². The zero-order valence-electron chi connectivity index (χ0n) is 16.0. The molecule has 1 aliphatic carbocycles. The van der Waals surface area contributed by atoms with Crippen molar-refractivity contribution in [1.29, 1.82) is 0 Å². The van der Waals surface area contributed by atoms with E-state index in [1.54, 1.807) is 14.2 Å². The van der Waals surface area contributed by atoms with Crippen LogP contribution in [0, 0.1) is 0 Å². The molecular weight excluding hydrogens is 352 g/mol. The van der Waals surface area contributed by atoms with Crippen LogP contribution in [0.15, 0.2) is 18.2 Å². The van der Waals surface area contributed by atoms with Gasteiger partial charge in [0.15, 0.2) is 11.5 Å². The van der Waals surface area contributed by atoms with Gasteiger partial charge in [-0.2, -0.15) is 0 Å². The molecule has 0 unspecified atom stereocenters. The average Bonchev–Trinajstić information content (AvgIpc) is 2.69. The molecular formula is C20H33ClN2O3. The molecule has 1 saturated heterocycles. The number of nitrogens with zero attached hydrogens (tertiary/aromatic N) is 1. The minimum Gasteiger partial charge on any atom is -0.493 e. The van der Waals surface area contributed by atoms with Crippen LogP contribution in [0.1, 0.15) is 37.7 Å². The molecule has 1 aromatic rings. The number of halogens is 1. The molecule has 0 radical (unpaired) electrons. The molecule has 0 aromatic heterocycles. The van der Waals surface area contributed by atoms with Crippen LogP contribution in [-0.2, 0) is 11.2 Å². The fourth-order valence-electron chi connectivity index (χ4n) is 4.03. The summed E-state index contributed by atoms with van der Waals surface area (Å²) < 4.78 is 17.0. The minimum atomic E-state index is 0. The Labute approximate surface area is 163 Å². The fourth-order valence-corrected chi connectivity index (χ4v) is 4.03. The van der Waals surface area contributed by atoms with E-state index in [0.717, 1.165) is 44.2 Å². The van der Waals surface area contributed by atoms with Gasteiger partial charge in [-0.3, -0.25) is 4.90 Å². The summed E-state index contributed by atoms with van der Waals surface area (Å²) in [5.41, 5.74) is 1.21. The molecule has 1 heterocycles. The van der Waals surface area contributed by atoms with Gasteiger partial charge in [-0.25, -0.2) is 0 Å². The maximum Gasteiger partial charge on any atom is 0.160 e. The lowest BCUT2D eigenvalue weighted by molar-refractivity contribution is -0.0942. The van der Waals surface area contributed by atoms with E-state index in [2.05, 4.69) is 16.3 Å². The second-order valence-electron chi connectivity index (χ2n) is 7.00. The standard InChI is InChI=1S/C20H32N2O3.ClH/c1-23-18-9-8-16(14-19(18)24-2)10-13-25-20-15-21-11-12-22(20)17-6-4-3-5-7-17;/h8-9,14,17,20-21H,3-7,10-13,15H2,1-2H3;1H/t20-;/m0./s1. The predicted molar refractivity (Wildman–Crippen MR) is 107 cm³/mol. The van der Waals surface area contributed by atoms with Gasteiger partial charge in [0.1, 0.15) is 6.23 Å². The quantitative estimate of drug-likeness (QED) is 0.781. The number of benzene rings is 1. The van der Waals surface area contributed by atoms with Crippen LogP contribution in [0.2, 0.25) is 0 Å². The molecule has 3 rings (SSSR count). The number of rotatable bonds is 7. The molecule has 0 amide bonds. The zero-order valence-corrected chi connectivity index (χ0v) is 16.9. The zero-order chi connectivity index (χ0) is 17.5. The number of ether oxygens (including phenoxy) is 3. The van der Waals surface area contributed by atoms with E-state index < -0.39 is 0 Å². The van der Waals surface area contributed by atoms with Gasteiger partial charge >= 0.3 is 0 Å². The molecule has 26 heavy (non-hydrogen) atoms. The normalized spacial score (nSPS) is 21.8. The smallest absolute Gasteiger partial charge is 0.160 e. The van der Waals surface area contributed by atoms with Gasteiger partial charge in [0, 0.05) is 25.7 Å². The second kappa shape index (κ2) is 11.0. The third kappa shape index (κ3) is 5.49. The molecule has 6 heteroatoms. The van der Waals surface area contributed by atoms with E-state index in [1.165, 1.54) is 37.7 Å². The Hall–Kier alpha value is -1.01. The SMILES string of the molecule is COc1ccc(CCO[C@H]2CNCCN2C2CCCCC2)cc1OC.Cl. The molecule has 2 fully saturated rings. The minimum absolute atomic E-state index is 0. The van der Waals surface area contributed by atoms with Gasteiger partial charge in [-0.15, -0.1) is 12.4 Å². The Morgan fingerprint density at radius 3 is 2.58 bits per heavy atom. The topological polar surface area (TPSA) is 43.0 Å². The molecule has 1 N–H and O–H groups in total. The number of hydrogen-bond donors (Lipinski definition) is 1. The first-order chi connectivity index (χ1) is 12.3. The predicted octanol–water partition coefficient (Wildman–Crippen LogP) is 3.25. The fraction of sp³-hybridized carbons (Fsp3) is 0.700. The van der Waals surface area contributed by atoms with Crippen LogP contribution < -0.4 is 14.8 Å². The highest BCUT2D eigenvalue weighted by atomic mass is 35.5. The summed E-state index contributed by atoms with van der Waals surface area (Å²) in [7, 11) is 3.34. The van der Waals surface area contributed by atoms with Crippen molar-refractivity contribution in [3.05, 3.63) is 23.8 Å². The van der Waals surface area contributed by atoms with E-state index in [4.69, 9.17) is 14.2 Å². The number of nitrogens with one attached hydrogen (secondary N) is 1. The van der Waals surface area contributed by atoms with Gasteiger partial charge < -0.3 is 19.5 Å². The van der Waals surface area contributed by atoms with Crippen molar-refractivity contribution in [2.75, 3.05) is 40.5 Å². The van der Waals surface area contributed by atoms with Crippen molar-refractivity contribution < 1.29 is 14.2 Å². The highest BCUT2D eigenvalue weighted by Gasteiger charge is 2.30. The molecule has 1 atom stereocenters. The largest absolute Gasteiger partial charge is 0.493 e. The summed E-state index contributed by atoms with van der Waals surface area (Å²) in [5, 5.41) is 3.48. The van der Waals surface area contributed by atoms with Crippen molar-refractivity contribution in [2.45, 2.75) is 50.8 Å². The summed E-state index contributed by atoms with van der Waals surface area (Å²) in [5.74, 6) is 1.55. The van der Waals surface area contributed by atoms with Gasteiger partial charge in [-0.05, 0) is 37.0 Å². The van der Waals surface area contributed by atoms with Crippen LogP contribution >= 0.6 is 12.4 Å². The van der Waals surface area contributed by atoms with Crippen molar-refractivity contribution in [2.24, 2.45) is 0 Å². The lowest BCUT2D eigenvalue weighted by Gasteiger charge is -2.42. The number of hydrogen-bond acceptors (Lipinski definition) is 5. The summed E-state index contributed by atoms with van der Waals surface area (Å²) >= 11 is 0. The maximum absolute atomic E-state index is 6.27. The Morgan fingerprint density at radius 2 is 1.85 bits per heavy atom. The molecule has 1 saturated carbocycles. The van der Waals surface area contributed by atoms with Crippen LogP contribution in [-0.4, -0.2) is 57.6 Å². The van der Waals surface area contributed by atoms with Crippen molar-refractivity contribution >= 4 is 12.4 Å². The lowest BCUT2D eigenvalue weighted by atomic mass is 9.93. The summed E-state index contributed by atoms with van der Waals surface area (Å²) in [6.45, 7) is 3.84. The van der Waals surface area contributed by atoms with Crippen LogP contribution in [0.25, 0.3) is 0 Å². The van der Waals surface area contributed by atoms with Gasteiger partial charge in [-0.1, -0.05) is 25.3 Å². The monoisotopic (exact) mass is 384 g/mol. The van der Waals surface area contributed by atoms with E-state index >= 15 is 0 Å².